The van der Waals surface area contributed by atoms with Crippen molar-refractivity contribution >= 4 is 11.8 Å². The van der Waals surface area contributed by atoms with Crippen molar-refractivity contribution in [3.8, 4) is 5.75 Å². The molecule has 0 saturated carbocycles. The molecule has 1 saturated heterocycles. The molecular formula is C14H19NO5. The molecule has 0 spiro atoms. The van der Waals surface area contributed by atoms with Crippen LogP contribution in [0.4, 0.5) is 10.5 Å². The maximum absolute atomic E-state index is 11.7. The van der Waals surface area contributed by atoms with Gasteiger partial charge in [-0.25, -0.2) is 4.79 Å². The van der Waals surface area contributed by atoms with Gasteiger partial charge in [0.2, 0.25) is 0 Å². The lowest BCUT2D eigenvalue weighted by atomic mass is 10.2. The second-order valence-corrected chi connectivity index (χ2v) is 4.73. The summed E-state index contributed by atoms with van der Waals surface area (Å²) in [5.41, 5.74) is 0.748. The average Bonchev–Trinajstić information content (AvgIpc) is 2.78. The first-order valence-electron chi connectivity index (χ1n) is 6.48. The summed E-state index contributed by atoms with van der Waals surface area (Å²) in [6, 6.07) is 7.09. The Morgan fingerprint density at radius 3 is 2.75 bits per heavy atom. The molecule has 6 heteroatoms. The number of methoxy groups -OCH3 is 1. The number of benzene rings is 1. The number of rotatable bonds is 6. The third kappa shape index (κ3) is 3.61. The molecule has 1 N–H and O–H groups in total. The van der Waals surface area contributed by atoms with Crippen LogP contribution in [-0.4, -0.2) is 50.3 Å². The molecule has 2 rings (SSSR count). The predicted octanol–water partition coefficient (Wildman–Crippen LogP) is 1.42. The van der Waals surface area contributed by atoms with Gasteiger partial charge >= 0.3 is 6.09 Å². The van der Waals surface area contributed by atoms with Crippen molar-refractivity contribution in [1.29, 1.82) is 0 Å². The van der Waals surface area contributed by atoms with E-state index < -0.39 is 6.10 Å². The molecule has 20 heavy (non-hydrogen) atoms. The second-order valence-electron chi connectivity index (χ2n) is 4.73. The number of anilines is 1. The van der Waals surface area contributed by atoms with E-state index in [-0.39, 0.29) is 18.8 Å². The normalized spacial score (nSPS) is 19.9. The summed E-state index contributed by atoms with van der Waals surface area (Å²) in [6.07, 6.45) is -1.12. The predicted molar refractivity (Wildman–Crippen MR) is 73.1 cm³/mol. The number of hydrogen-bond donors (Lipinski definition) is 1. The average molecular weight is 281 g/mol. The van der Waals surface area contributed by atoms with Crippen LogP contribution in [0.3, 0.4) is 0 Å². The van der Waals surface area contributed by atoms with E-state index in [1.807, 2.05) is 0 Å². The van der Waals surface area contributed by atoms with E-state index in [4.69, 9.17) is 19.3 Å². The second kappa shape index (κ2) is 6.58. The van der Waals surface area contributed by atoms with Gasteiger partial charge < -0.3 is 19.3 Å². The van der Waals surface area contributed by atoms with Crippen LogP contribution in [0, 0.1) is 0 Å². The Bertz CT molecular complexity index is 445. The van der Waals surface area contributed by atoms with E-state index >= 15 is 0 Å². The Morgan fingerprint density at radius 1 is 1.45 bits per heavy atom. The van der Waals surface area contributed by atoms with Gasteiger partial charge in [0.15, 0.2) is 0 Å². The molecule has 0 bridgehead atoms. The fourth-order valence-electron chi connectivity index (χ4n) is 1.94. The van der Waals surface area contributed by atoms with Gasteiger partial charge in [0.05, 0.1) is 19.3 Å². The highest BCUT2D eigenvalue weighted by Crippen LogP contribution is 2.24. The van der Waals surface area contributed by atoms with Crippen LogP contribution in [0.5, 0.6) is 5.75 Å². The quantitative estimate of drug-likeness (QED) is 0.854. The lowest BCUT2D eigenvalue weighted by Gasteiger charge is -2.14. The first kappa shape index (κ1) is 14.6. The summed E-state index contributed by atoms with van der Waals surface area (Å²) in [4.78, 5) is 13.3. The lowest BCUT2D eigenvalue weighted by molar-refractivity contribution is 0.0718. The first-order valence-corrected chi connectivity index (χ1v) is 6.48. The summed E-state index contributed by atoms with van der Waals surface area (Å²) in [7, 11) is 1.57. The smallest absolute Gasteiger partial charge is 0.414 e. The molecule has 0 radical (unpaired) electrons. The van der Waals surface area contributed by atoms with E-state index in [2.05, 4.69) is 0 Å². The molecule has 1 unspecified atom stereocenters. The maximum atomic E-state index is 11.7. The summed E-state index contributed by atoms with van der Waals surface area (Å²) in [6.45, 7) is 2.75. The highest BCUT2D eigenvalue weighted by molar-refractivity contribution is 5.89. The number of aliphatic hydroxyl groups excluding tert-OH is 1. The zero-order valence-corrected chi connectivity index (χ0v) is 11.6. The highest BCUT2D eigenvalue weighted by Gasteiger charge is 2.32. The van der Waals surface area contributed by atoms with Gasteiger partial charge in [-0.2, -0.15) is 0 Å². The van der Waals surface area contributed by atoms with Crippen molar-refractivity contribution in [2.24, 2.45) is 0 Å². The van der Waals surface area contributed by atoms with Crippen molar-refractivity contribution in [3.63, 3.8) is 0 Å². The third-order valence-electron chi connectivity index (χ3n) is 2.87. The number of aliphatic hydroxyl groups is 1. The zero-order valence-electron chi connectivity index (χ0n) is 11.6. The molecule has 1 fully saturated rings. The van der Waals surface area contributed by atoms with Gasteiger partial charge in [0.25, 0.3) is 0 Å². The van der Waals surface area contributed by atoms with Crippen molar-refractivity contribution in [2.45, 2.75) is 19.1 Å². The largest absolute Gasteiger partial charge is 0.491 e. The van der Waals surface area contributed by atoms with Gasteiger partial charge in [0.1, 0.15) is 18.5 Å². The molecule has 2 atom stereocenters. The van der Waals surface area contributed by atoms with Crippen LogP contribution in [-0.2, 0) is 9.47 Å². The summed E-state index contributed by atoms with van der Waals surface area (Å²) in [5.74, 6) is 0.649. The van der Waals surface area contributed by atoms with Crippen LogP contribution in [0.15, 0.2) is 24.3 Å². The Morgan fingerprint density at radius 2 is 2.15 bits per heavy atom. The Labute approximate surface area is 117 Å². The maximum Gasteiger partial charge on any atom is 0.414 e. The highest BCUT2D eigenvalue weighted by atomic mass is 16.6. The number of cyclic esters (lactones) is 1. The molecule has 1 aromatic carbocycles. The monoisotopic (exact) mass is 281 g/mol. The topological polar surface area (TPSA) is 68.2 Å². The minimum Gasteiger partial charge on any atom is -0.491 e. The molecule has 1 aliphatic rings. The lowest BCUT2D eigenvalue weighted by Crippen LogP contribution is -2.25. The van der Waals surface area contributed by atoms with Gasteiger partial charge in [0, 0.05) is 12.8 Å². The van der Waals surface area contributed by atoms with Crippen LogP contribution in [0.25, 0.3) is 0 Å². The fourth-order valence-corrected chi connectivity index (χ4v) is 1.94. The molecule has 110 valence electrons. The molecule has 1 aliphatic heterocycles. The minimum atomic E-state index is -0.516. The molecule has 1 heterocycles. The summed E-state index contributed by atoms with van der Waals surface area (Å²) >= 11 is 0. The van der Waals surface area contributed by atoms with E-state index in [1.54, 1.807) is 43.2 Å². The Kier molecular flexibility index (Phi) is 4.81. The fraction of sp³-hybridized carbons (Fsp3) is 0.500. The van der Waals surface area contributed by atoms with Crippen LogP contribution < -0.4 is 9.64 Å². The van der Waals surface area contributed by atoms with Crippen LogP contribution in [0.1, 0.15) is 6.92 Å². The van der Waals surface area contributed by atoms with E-state index in [9.17, 15) is 4.79 Å². The molecule has 1 amide bonds. The molecule has 0 aromatic heterocycles. The van der Waals surface area contributed by atoms with E-state index in [1.165, 1.54) is 0 Å². The van der Waals surface area contributed by atoms with E-state index in [0.29, 0.717) is 18.9 Å². The molecule has 1 aromatic rings. The molecule has 6 nitrogen and oxygen atoms in total. The SMILES string of the molecule is COC[C@H]1CN(c2ccc(OCC(C)O)cc2)C(=O)O1. The van der Waals surface area contributed by atoms with Crippen LogP contribution in [0.2, 0.25) is 0 Å². The minimum absolute atomic E-state index is 0.237. The van der Waals surface area contributed by atoms with E-state index in [0.717, 1.165) is 5.69 Å². The third-order valence-corrected chi connectivity index (χ3v) is 2.87. The van der Waals surface area contributed by atoms with Gasteiger partial charge in [-0.05, 0) is 31.2 Å². The van der Waals surface area contributed by atoms with Gasteiger partial charge in [-0.15, -0.1) is 0 Å². The number of carbonyl (C=O) groups is 1. The van der Waals surface area contributed by atoms with Crippen LogP contribution >= 0.6 is 0 Å². The number of nitrogens with zero attached hydrogens (tertiary/aromatic N) is 1. The summed E-state index contributed by atoms with van der Waals surface area (Å²) in [5, 5.41) is 9.15. The van der Waals surface area contributed by atoms with Crippen molar-refractivity contribution in [3.05, 3.63) is 24.3 Å². The number of hydrogen-bond acceptors (Lipinski definition) is 5. The van der Waals surface area contributed by atoms with Crippen molar-refractivity contribution in [1.82, 2.24) is 0 Å². The number of carbonyl (C=O) groups excluding carboxylic acids is 1. The standard InChI is InChI=1S/C14H19NO5/c1-10(16)8-19-12-5-3-11(4-6-12)15-7-13(9-18-2)20-14(15)17/h3-6,10,13,16H,7-9H2,1-2H3/t10?,13-/m1/s1. The van der Waals surface area contributed by atoms with Gasteiger partial charge in [-0.1, -0.05) is 0 Å². The first-order chi connectivity index (χ1) is 9.60. The van der Waals surface area contributed by atoms with Crippen molar-refractivity contribution in [2.75, 3.05) is 31.8 Å². The molecule has 0 aliphatic carbocycles. The zero-order chi connectivity index (χ0) is 14.5. The number of amides is 1. The number of ether oxygens (including phenoxy) is 3. The van der Waals surface area contributed by atoms with Gasteiger partial charge in [-0.3, -0.25) is 4.90 Å². The Balaban J connectivity index is 1.97. The van der Waals surface area contributed by atoms with Crippen molar-refractivity contribution < 1.29 is 24.1 Å². The molecular weight excluding hydrogens is 262 g/mol. The Hall–Kier alpha value is -1.79. The summed E-state index contributed by atoms with van der Waals surface area (Å²) < 4.78 is 15.5.